The van der Waals surface area contributed by atoms with Gasteiger partial charge < -0.3 is 10.2 Å². The van der Waals surface area contributed by atoms with E-state index in [4.69, 9.17) is 0 Å². The van der Waals surface area contributed by atoms with Crippen molar-refractivity contribution in [1.82, 2.24) is 0 Å². The van der Waals surface area contributed by atoms with E-state index >= 15 is 0 Å². The maximum atomic E-state index is 10.3. The number of aliphatic hydroxyl groups is 2. The molecule has 2 nitrogen and oxygen atoms in total. The van der Waals surface area contributed by atoms with Crippen molar-refractivity contribution in [3.8, 4) is 0 Å². The molecule has 0 fully saturated rings. The number of hydrogen-bond acceptors (Lipinski definition) is 2. The minimum absolute atomic E-state index is 0.0245. The highest BCUT2D eigenvalue weighted by Gasteiger charge is 2.35. The van der Waals surface area contributed by atoms with Crippen molar-refractivity contribution in [2.75, 3.05) is 0 Å². The average molecular weight is 244 g/mol. The lowest BCUT2D eigenvalue weighted by Crippen LogP contribution is -2.40. The Bertz CT molecular complexity index is 189. The SMILES string of the molecule is CCCC(CC(C)CC)C(O)(O)CC(C)CC. The van der Waals surface area contributed by atoms with Gasteiger partial charge in [-0.15, -0.1) is 0 Å². The summed E-state index contributed by atoms with van der Waals surface area (Å²) in [4.78, 5) is 0. The Hall–Kier alpha value is -0.0800. The Morgan fingerprint density at radius 2 is 1.47 bits per heavy atom. The van der Waals surface area contributed by atoms with Crippen molar-refractivity contribution in [2.45, 2.75) is 78.9 Å². The zero-order valence-corrected chi connectivity index (χ0v) is 12.4. The maximum Gasteiger partial charge on any atom is 0.165 e. The van der Waals surface area contributed by atoms with Gasteiger partial charge in [0.15, 0.2) is 5.79 Å². The summed E-state index contributed by atoms with van der Waals surface area (Å²) >= 11 is 0. The Labute approximate surface area is 107 Å². The number of rotatable bonds is 9. The van der Waals surface area contributed by atoms with Gasteiger partial charge in [0.1, 0.15) is 0 Å². The largest absolute Gasteiger partial charge is 0.365 e. The second kappa shape index (κ2) is 8.10. The highest BCUT2D eigenvalue weighted by Crippen LogP contribution is 2.33. The maximum absolute atomic E-state index is 10.3. The van der Waals surface area contributed by atoms with Crippen molar-refractivity contribution >= 4 is 0 Å². The van der Waals surface area contributed by atoms with Gasteiger partial charge in [-0.25, -0.2) is 0 Å². The molecule has 3 atom stereocenters. The first-order valence-electron chi connectivity index (χ1n) is 7.31. The van der Waals surface area contributed by atoms with Crippen molar-refractivity contribution in [3.63, 3.8) is 0 Å². The van der Waals surface area contributed by atoms with Crippen LogP contribution in [-0.2, 0) is 0 Å². The normalized spacial score (nSPS) is 17.8. The van der Waals surface area contributed by atoms with Gasteiger partial charge in [-0.2, -0.15) is 0 Å². The summed E-state index contributed by atoms with van der Waals surface area (Å²) in [6.07, 6.45) is 5.47. The third kappa shape index (κ3) is 6.42. The average Bonchev–Trinajstić information content (AvgIpc) is 2.27. The van der Waals surface area contributed by atoms with Gasteiger partial charge in [-0.3, -0.25) is 0 Å². The summed E-state index contributed by atoms with van der Waals surface area (Å²) in [6, 6.07) is 0. The molecule has 0 aromatic rings. The van der Waals surface area contributed by atoms with Gasteiger partial charge in [0.2, 0.25) is 0 Å². The molecule has 0 spiro atoms. The molecule has 0 aromatic heterocycles. The van der Waals surface area contributed by atoms with Crippen LogP contribution >= 0.6 is 0 Å². The molecule has 2 N–H and O–H groups in total. The van der Waals surface area contributed by atoms with Crippen LogP contribution < -0.4 is 0 Å². The van der Waals surface area contributed by atoms with E-state index in [2.05, 4.69) is 34.6 Å². The molecule has 104 valence electrons. The summed E-state index contributed by atoms with van der Waals surface area (Å²) in [6.45, 7) is 10.7. The van der Waals surface area contributed by atoms with E-state index in [9.17, 15) is 10.2 Å². The molecule has 0 saturated carbocycles. The van der Waals surface area contributed by atoms with Gasteiger partial charge in [0.25, 0.3) is 0 Å². The van der Waals surface area contributed by atoms with Crippen LogP contribution in [0.25, 0.3) is 0 Å². The standard InChI is InChI=1S/C15H32O2/c1-6-9-14(10-12(4)7-2)15(16,17)11-13(5)8-3/h12-14,16-17H,6-11H2,1-5H3. The topological polar surface area (TPSA) is 40.5 Å². The van der Waals surface area contributed by atoms with Crippen molar-refractivity contribution in [1.29, 1.82) is 0 Å². The lowest BCUT2D eigenvalue weighted by atomic mass is 9.80. The first-order chi connectivity index (χ1) is 7.87. The Balaban J connectivity index is 4.53. The third-order valence-corrected chi connectivity index (χ3v) is 4.02. The van der Waals surface area contributed by atoms with Gasteiger partial charge in [-0.1, -0.05) is 53.9 Å². The van der Waals surface area contributed by atoms with Gasteiger partial charge >= 0.3 is 0 Å². The lowest BCUT2D eigenvalue weighted by Gasteiger charge is -2.34. The molecular weight excluding hydrogens is 212 g/mol. The molecule has 0 saturated heterocycles. The van der Waals surface area contributed by atoms with E-state index in [0.717, 1.165) is 32.1 Å². The van der Waals surface area contributed by atoms with Crippen LogP contribution in [0.1, 0.15) is 73.1 Å². The molecule has 0 heterocycles. The Kier molecular flexibility index (Phi) is 8.06. The predicted octanol–water partition coefficient (Wildman–Crippen LogP) is 3.96. The van der Waals surface area contributed by atoms with Crippen LogP contribution in [-0.4, -0.2) is 16.0 Å². The molecule has 17 heavy (non-hydrogen) atoms. The highest BCUT2D eigenvalue weighted by atomic mass is 16.5. The predicted molar refractivity (Wildman–Crippen MR) is 73.7 cm³/mol. The summed E-state index contributed by atoms with van der Waals surface area (Å²) < 4.78 is 0. The molecule has 0 rings (SSSR count). The van der Waals surface area contributed by atoms with Crippen LogP contribution in [0, 0.1) is 17.8 Å². The summed E-state index contributed by atoms with van der Waals surface area (Å²) in [5, 5.41) is 20.6. The minimum atomic E-state index is -1.48. The summed E-state index contributed by atoms with van der Waals surface area (Å²) in [7, 11) is 0. The first-order valence-corrected chi connectivity index (χ1v) is 7.31. The molecular formula is C15H32O2. The fourth-order valence-corrected chi connectivity index (χ4v) is 2.36. The molecule has 0 aliphatic rings. The quantitative estimate of drug-likeness (QED) is 0.603. The second-order valence-electron chi connectivity index (χ2n) is 5.83. The molecule has 0 aromatic carbocycles. The van der Waals surface area contributed by atoms with Gasteiger partial charge in [-0.05, 0) is 24.7 Å². The van der Waals surface area contributed by atoms with Crippen LogP contribution in [0.15, 0.2) is 0 Å². The Morgan fingerprint density at radius 1 is 0.941 bits per heavy atom. The van der Waals surface area contributed by atoms with Crippen LogP contribution in [0.3, 0.4) is 0 Å². The summed E-state index contributed by atoms with van der Waals surface area (Å²) in [5.41, 5.74) is 0. The zero-order valence-electron chi connectivity index (χ0n) is 12.4. The van der Waals surface area contributed by atoms with E-state index in [1.165, 1.54) is 0 Å². The molecule has 0 radical (unpaired) electrons. The third-order valence-electron chi connectivity index (χ3n) is 4.02. The number of hydrogen-bond donors (Lipinski definition) is 2. The van der Waals surface area contributed by atoms with Crippen molar-refractivity contribution in [3.05, 3.63) is 0 Å². The van der Waals surface area contributed by atoms with Gasteiger partial charge in [0.05, 0.1) is 0 Å². The van der Waals surface area contributed by atoms with Crippen LogP contribution in [0.5, 0.6) is 0 Å². The fraction of sp³-hybridized carbons (Fsp3) is 1.00. The van der Waals surface area contributed by atoms with E-state index < -0.39 is 5.79 Å². The molecule has 0 amide bonds. The highest BCUT2D eigenvalue weighted by molar-refractivity contribution is 4.79. The van der Waals surface area contributed by atoms with Crippen LogP contribution in [0.4, 0.5) is 0 Å². The van der Waals surface area contributed by atoms with E-state index in [1.807, 2.05) is 0 Å². The lowest BCUT2D eigenvalue weighted by molar-refractivity contribution is -0.216. The molecule has 0 bridgehead atoms. The summed E-state index contributed by atoms with van der Waals surface area (Å²) in [5.74, 6) is -0.505. The van der Waals surface area contributed by atoms with Crippen LogP contribution in [0.2, 0.25) is 0 Å². The van der Waals surface area contributed by atoms with E-state index in [0.29, 0.717) is 18.3 Å². The minimum Gasteiger partial charge on any atom is -0.365 e. The van der Waals surface area contributed by atoms with Gasteiger partial charge in [0, 0.05) is 12.3 Å². The molecule has 0 aliphatic heterocycles. The van der Waals surface area contributed by atoms with E-state index in [1.54, 1.807) is 0 Å². The second-order valence-corrected chi connectivity index (χ2v) is 5.83. The molecule has 0 aliphatic carbocycles. The van der Waals surface area contributed by atoms with E-state index in [-0.39, 0.29) is 5.92 Å². The Morgan fingerprint density at radius 3 is 1.88 bits per heavy atom. The van der Waals surface area contributed by atoms with Crippen molar-refractivity contribution in [2.24, 2.45) is 17.8 Å². The fourth-order valence-electron chi connectivity index (χ4n) is 2.36. The van der Waals surface area contributed by atoms with Crippen molar-refractivity contribution < 1.29 is 10.2 Å². The molecule has 3 unspecified atom stereocenters. The molecule has 2 heteroatoms. The first kappa shape index (κ1) is 16.9. The zero-order chi connectivity index (χ0) is 13.5. The monoisotopic (exact) mass is 244 g/mol. The smallest absolute Gasteiger partial charge is 0.165 e.